The molecule has 0 unspecified atom stereocenters. The Labute approximate surface area is 110 Å². The zero-order chi connectivity index (χ0) is 15.7. The number of ether oxygens (including phenoxy) is 1. The van der Waals surface area contributed by atoms with Gasteiger partial charge in [0.15, 0.2) is 0 Å². The highest BCUT2D eigenvalue weighted by atomic mass is 32.2. The standard InChI is InChI=1S/C8H6N2O9S/c1-4(11)19-5-2-6(9(12)13)8(20(16,17)18)7(3-5)10(14)15/h2-3H,1H3,(H,16,17,18). The molecule has 12 heteroatoms. The summed E-state index contributed by atoms with van der Waals surface area (Å²) in [6, 6.07) is 0.967. The fraction of sp³-hybridized carbons (Fsp3) is 0.125. The van der Waals surface area contributed by atoms with Crippen LogP contribution in [-0.2, 0) is 14.9 Å². The van der Waals surface area contributed by atoms with E-state index in [0.29, 0.717) is 12.1 Å². The smallest absolute Gasteiger partial charge is 0.308 e. The molecule has 0 radical (unpaired) electrons. The van der Waals surface area contributed by atoms with Crippen LogP contribution in [0.15, 0.2) is 17.0 Å². The number of hydrogen-bond donors (Lipinski definition) is 1. The molecule has 0 saturated heterocycles. The topological polar surface area (TPSA) is 167 Å². The highest BCUT2D eigenvalue weighted by molar-refractivity contribution is 7.86. The van der Waals surface area contributed by atoms with Crippen LogP contribution < -0.4 is 4.74 Å². The van der Waals surface area contributed by atoms with E-state index in [4.69, 9.17) is 4.55 Å². The van der Waals surface area contributed by atoms with E-state index in [0.717, 1.165) is 6.92 Å². The summed E-state index contributed by atoms with van der Waals surface area (Å²) in [5.41, 5.74) is -2.56. The second kappa shape index (κ2) is 5.18. The summed E-state index contributed by atoms with van der Waals surface area (Å²) in [5.74, 6) is -1.52. The summed E-state index contributed by atoms with van der Waals surface area (Å²) in [4.78, 5) is 28.2. The largest absolute Gasteiger partial charge is 0.426 e. The Hall–Kier alpha value is -2.60. The molecule has 0 atom stereocenters. The van der Waals surface area contributed by atoms with Gasteiger partial charge in [0, 0.05) is 6.92 Å². The fourth-order valence-corrected chi connectivity index (χ4v) is 2.13. The molecule has 0 heterocycles. The Bertz CT molecular complexity index is 674. The first kappa shape index (κ1) is 15.5. The molecule has 0 amide bonds. The molecule has 108 valence electrons. The van der Waals surface area contributed by atoms with E-state index in [1.165, 1.54) is 0 Å². The van der Waals surface area contributed by atoms with E-state index in [1.54, 1.807) is 0 Å². The second-order valence-electron chi connectivity index (χ2n) is 3.37. The molecule has 0 spiro atoms. The molecule has 1 N–H and O–H groups in total. The molecule has 0 aromatic heterocycles. The minimum atomic E-state index is -5.22. The van der Waals surface area contributed by atoms with Crippen LogP contribution in [0.1, 0.15) is 6.92 Å². The van der Waals surface area contributed by atoms with Gasteiger partial charge in [-0.1, -0.05) is 0 Å². The van der Waals surface area contributed by atoms with Crippen molar-refractivity contribution in [2.45, 2.75) is 11.8 Å². The number of nitrogens with zero attached hydrogens (tertiary/aromatic N) is 2. The van der Waals surface area contributed by atoms with Gasteiger partial charge in [0.1, 0.15) is 5.75 Å². The lowest BCUT2D eigenvalue weighted by molar-refractivity contribution is -0.400. The minimum absolute atomic E-state index is 0.484. The molecule has 1 aromatic carbocycles. The fourth-order valence-electron chi connectivity index (χ4n) is 1.33. The number of carbonyl (C=O) groups is 1. The highest BCUT2D eigenvalue weighted by Gasteiger charge is 2.36. The number of hydrogen-bond acceptors (Lipinski definition) is 8. The first-order valence-electron chi connectivity index (χ1n) is 4.66. The molecular formula is C8H6N2O9S. The Balaban J connectivity index is 3.77. The van der Waals surface area contributed by atoms with E-state index in [1.807, 2.05) is 0 Å². The first-order chi connectivity index (χ1) is 9.04. The molecular weight excluding hydrogens is 300 g/mol. The third-order valence-corrected chi connectivity index (χ3v) is 2.87. The molecule has 1 aromatic rings. The maximum absolute atomic E-state index is 11.1. The highest BCUT2D eigenvalue weighted by Crippen LogP contribution is 2.37. The quantitative estimate of drug-likeness (QED) is 0.276. The Morgan fingerprint density at radius 1 is 1.20 bits per heavy atom. The van der Waals surface area contributed by atoms with Crippen LogP contribution in [0.4, 0.5) is 11.4 Å². The Kier molecular flexibility index (Phi) is 4.00. The van der Waals surface area contributed by atoms with Crippen molar-refractivity contribution in [2.75, 3.05) is 0 Å². The molecule has 1 rings (SSSR count). The van der Waals surface area contributed by atoms with Gasteiger partial charge in [-0.05, 0) is 0 Å². The summed E-state index contributed by atoms with van der Waals surface area (Å²) in [5, 5.41) is 21.5. The predicted octanol–water partition coefficient (Wildman–Crippen LogP) is 0.675. The number of benzene rings is 1. The van der Waals surface area contributed by atoms with Crippen molar-refractivity contribution < 1.29 is 32.3 Å². The zero-order valence-corrected chi connectivity index (χ0v) is 10.5. The van der Waals surface area contributed by atoms with Gasteiger partial charge in [0.05, 0.1) is 22.0 Å². The van der Waals surface area contributed by atoms with Gasteiger partial charge in [-0.25, -0.2) is 0 Å². The Morgan fingerprint density at radius 3 is 1.85 bits per heavy atom. The van der Waals surface area contributed by atoms with Crippen LogP contribution in [-0.4, -0.2) is 28.8 Å². The predicted molar refractivity (Wildman–Crippen MR) is 60.9 cm³/mol. The zero-order valence-electron chi connectivity index (χ0n) is 9.67. The summed E-state index contributed by atoms with van der Waals surface area (Å²) in [6.07, 6.45) is 0. The van der Waals surface area contributed by atoms with Gasteiger partial charge >= 0.3 is 27.5 Å². The van der Waals surface area contributed by atoms with Crippen molar-refractivity contribution in [2.24, 2.45) is 0 Å². The number of esters is 1. The normalized spacial score (nSPS) is 10.9. The maximum Gasteiger partial charge on any atom is 0.308 e. The third kappa shape index (κ3) is 3.24. The van der Waals surface area contributed by atoms with E-state index in [2.05, 4.69) is 4.74 Å². The number of nitro benzene ring substituents is 2. The average Bonchev–Trinajstić information content (AvgIpc) is 2.25. The average molecular weight is 306 g/mol. The van der Waals surface area contributed by atoms with Crippen LogP contribution in [0.3, 0.4) is 0 Å². The van der Waals surface area contributed by atoms with Gasteiger partial charge in [0.25, 0.3) is 0 Å². The second-order valence-corrected chi connectivity index (χ2v) is 4.73. The SMILES string of the molecule is CC(=O)Oc1cc([N+](=O)[O-])c(S(=O)(=O)O)c([N+](=O)[O-])c1. The third-order valence-electron chi connectivity index (χ3n) is 1.94. The van der Waals surface area contributed by atoms with E-state index < -0.39 is 48.0 Å². The van der Waals surface area contributed by atoms with Crippen molar-refractivity contribution in [1.82, 2.24) is 0 Å². The lowest BCUT2D eigenvalue weighted by atomic mass is 10.2. The summed E-state index contributed by atoms with van der Waals surface area (Å²) < 4.78 is 35.4. The lowest BCUT2D eigenvalue weighted by Gasteiger charge is -2.05. The van der Waals surface area contributed by atoms with Crippen molar-refractivity contribution in [3.8, 4) is 5.75 Å². The summed E-state index contributed by atoms with van der Waals surface area (Å²) in [6.45, 7) is 0.939. The number of nitro groups is 2. The molecule has 20 heavy (non-hydrogen) atoms. The van der Waals surface area contributed by atoms with E-state index >= 15 is 0 Å². The minimum Gasteiger partial charge on any atom is -0.426 e. The lowest BCUT2D eigenvalue weighted by Crippen LogP contribution is -2.09. The van der Waals surface area contributed by atoms with E-state index in [9.17, 15) is 33.4 Å². The van der Waals surface area contributed by atoms with E-state index in [-0.39, 0.29) is 0 Å². The molecule has 0 aliphatic carbocycles. The molecule has 11 nitrogen and oxygen atoms in total. The number of carbonyl (C=O) groups excluding carboxylic acids is 1. The van der Waals surface area contributed by atoms with Crippen molar-refractivity contribution in [3.63, 3.8) is 0 Å². The summed E-state index contributed by atoms with van der Waals surface area (Å²) in [7, 11) is -5.22. The van der Waals surface area contributed by atoms with Gasteiger partial charge in [-0.3, -0.25) is 29.6 Å². The van der Waals surface area contributed by atoms with Crippen LogP contribution in [0, 0.1) is 20.2 Å². The van der Waals surface area contributed by atoms with Crippen LogP contribution in [0.25, 0.3) is 0 Å². The van der Waals surface area contributed by atoms with Gasteiger partial charge < -0.3 is 4.74 Å². The maximum atomic E-state index is 11.1. The molecule has 0 aliphatic heterocycles. The van der Waals surface area contributed by atoms with Crippen molar-refractivity contribution in [3.05, 3.63) is 32.4 Å². The van der Waals surface area contributed by atoms with Crippen LogP contribution in [0.5, 0.6) is 5.75 Å². The molecule has 0 bridgehead atoms. The van der Waals surface area contributed by atoms with Gasteiger partial charge in [-0.15, -0.1) is 0 Å². The Morgan fingerprint density at radius 2 is 1.60 bits per heavy atom. The van der Waals surface area contributed by atoms with Crippen molar-refractivity contribution in [1.29, 1.82) is 0 Å². The molecule has 0 fully saturated rings. The summed E-state index contributed by atoms with van der Waals surface area (Å²) >= 11 is 0. The monoisotopic (exact) mass is 306 g/mol. The molecule has 0 aliphatic rings. The van der Waals surface area contributed by atoms with Gasteiger partial charge in [-0.2, -0.15) is 8.42 Å². The van der Waals surface area contributed by atoms with Crippen molar-refractivity contribution >= 4 is 27.5 Å². The van der Waals surface area contributed by atoms with Gasteiger partial charge in [0.2, 0.25) is 4.90 Å². The molecule has 0 saturated carbocycles. The first-order valence-corrected chi connectivity index (χ1v) is 6.10. The van der Waals surface area contributed by atoms with Crippen LogP contribution >= 0.6 is 0 Å². The number of rotatable bonds is 4. The van der Waals surface area contributed by atoms with Crippen LogP contribution in [0.2, 0.25) is 0 Å².